The van der Waals surface area contributed by atoms with E-state index in [0.29, 0.717) is 13.0 Å². The fraction of sp³-hybridized carbons (Fsp3) is 0.429. The molecular formula is C14H19NO3. The van der Waals surface area contributed by atoms with Gasteiger partial charge in [0.2, 0.25) is 0 Å². The summed E-state index contributed by atoms with van der Waals surface area (Å²) in [6.07, 6.45) is 0.356. The Morgan fingerprint density at radius 2 is 2.00 bits per heavy atom. The maximum absolute atomic E-state index is 11.4. The second-order valence-electron chi connectivity index (χ2n) is 4.29. The van der Waals surface area contributed by atoms with Gasteiger partial charge in [-0.15, -0.1) is 0 Å². The molecule has 0 atom stereocenters. The molecule has 0 fully saturated rings. The van der Waals surface area contributed by atoms with Gasteiger partial charge in [-0.05, 0) is 38.0 Å². The number of hydrogen-bond donors (Lipinski definition) is 1. The maximum atomic E-state index is 11.4. The Morgan fingerprint density at radius 3 is 2.67 bits per heavy atom. The van der Waals surface area contributed by atoms with Gasteiger partial charge in [-0.1, -0.05) is 12.1 Å². The first-order chi connectivity index (χ1) is 8.50. The number of ketones is 1. The van der Waals surface area contributed by atoms with Gasteiger partial charge in [0.25, 0.3) is 5.91 Å². The molecule has 1 N–H and O–H groups in total. The van der Waals surface area contributed by atoms with E-state index in [-0.39, 0.29) is 18.3 Å². The molecule has 0 saturated heterocycles. The molecule has 18 heavy (non-hydrogen) atoms. The summed E-state index contributed by atoms with van der Waals surface area (Å²) in [6.45, 7) is 5.79. The average Bonchev–Trinajstić information content (AvgIpc) is 2.30. The third-order valence-electron chi connectivity index (χ3n) is 2.71. The Balaban J connectivity index is 2.38. The molecular weight excluding hydrogens is 230 g/mol. The van der Waals surface area contributed by atoms with Crippen molar-refractivity contribution in [3.05, 3.63) is 29.3 Å². The highest BCUT2D eigenvalue weighted by molar-refractivity contribution is 5.79. The molecule has 0 aliphatic rings. The molecule has 1 aromatic rings. The van der Waals surface area contributed by atoms with Gasteiger partial charge in [0.1, 0.15) is 11.5 Å². The Hall–Kier alpha value is -1.84. The van der Waals surface area contributed by atoms with Crippen LogP contribution in [0.15, 0.2) is 18.2 Å². The minimum Gasteiger partial charge on any atom is -0.483 e. The van der Waals surface area contributed by atoms with Crippen molar-refractivity contribution in [3.63, 3.8) is 0 Å². The van der Waals surface area contributed by atoms with Crippen LogP contribution < -0.4 is 10.1 Å². The van der Waals surface area contributed by atoms with E-state index < -0.39 is 0 Å². The molecule has 4 nitrogen and oxygen atoms in total. The molecule has 1 aromatic carbocycles. The highest BCUT2D eigenvalue weighted by Crippen LogP contribution is 2.20. The van der Waals surface area contributed by atoms with Gasteiger partial charge in [0, 0.05) is 13.0 Å². The van der Waals surface area contributed by atoms with Gasteiger partial charge in [-0.2, -0.15) is 0 Å². The van der Waals surface area contributed by atoms with Crippen molar-refractivity contribution in [2.75, 3.05) is 13.2 Å². The summed E-state index contributed by atoms with van der Waals surface area (Å²) in [5.74, 6) is 0.569. The Kier molecular flexibility index (Phi) is 5.36. The smallest absolute Gasteiger partial charge is 0.257 e. The molecule has 0 aliphatic heterocycles. The third kappa shape index (κ3) is 4.57. The van der Waals surface area contributed by atoms with Gasteiger partial charge in [0.05, 0.1) is 0 Å². The van der Waals surface area contributed by atoms with Crippen molar-refractivity contribution in [3.8, 4) is 5.75 Å². The maximum Gasteiger partial charge on any atom is 0.257 e. The van der Waals surface area contributed by atoms with Gasteiger partial charge in [-0.25, -0.2) is 0 Å². The molecule has 4 heteroatoms. The summed E-state index contributed by atoms with van der Waals surface area (Å²) in [5.41, 5.74) is 2.17. The first kappa shape index (κ1) is 14.2. The molecule has 0 spiro atoms. The number of carbonyl (C=O) groups is 2. The number of Topliss-reactive ketones (excluding diaryl/α,β-unsaturated/α-hetero) is 1. The number of carbonyl (C=O) groups excluding carboxylic acids is 2. The Bertz CT molecular complexity index is 441. The summed E-state index contributed by atoms with van der Waals surface area (Å²) in [7, 11) is 0. The Morgan fingerprint density at radius 1 is 1.28 bits per heavy atom. The van der Waals surface area contributed by atoms with Gasteiger partial charge in [0.15, 0.2) is 6.61 Å². The van der Waals surface area contributed by atoms with Crippen LogP contribution in [-0.2, 0) is 9.59 Å². The Labute approximate surface area is 107 Å². The van der Waals surface area contributed by atoms with E-state index in [9.17, 15) is 9.59 Å². The topological polar surface area (TPSA) is 55.4 Å². The number of ether oxygens (including phenoxy) is 1. The lowest BCUT2D eigenvalue weighted by Gasteiger charge is -2.10. The number of hydrogen-bond acceptors (Lipinski definition) is 3. The number of aryl methyl sites for hydroxylation is 1. The van der Waals surface area contributed by atoms with Crippen molar-refractivity contribution in [2.45, 2.75) is 27.2 Å². The number of amides is 1. The van der Waals surface area contributed by atoms with E-state index in [1.807, 2.05) is 32.0 Å². The number of nitrogens with one attached hydrogen (secondary N) is 1. The summed E-state index contributed by atoms with van der Waals surface area (Å²) in [6, 6.07) is 5.73. The predicted molar refractivity (Wildman–Crippen MR) is 69.7 cm³/mol. The number of benzene rings is 1. The zero-order chi connectivity index (χ0) is 13.5. The minimum atomic E-state index is -0.211. The molecule has 0 bridgehead atoms. The van der Waals surface area contributed by atoms with Crippen LogP contribution in [0, 0.1) is 13.8 Å². The second-order valence-corrected chi connectivity index (χ2v) is 4.29. The van der Waals surface area contributed by atoms with E-state index in [0.717, 1.165) is 16.9 Å². The van der Waals surface area contributed by atoms with E-state index in [1.165, 1.54) is 6.92 Å². The molecule has 0 unspecified atom stereocenters. The molecule has 0 aliphatic carbocycles. The van der Waals surface area contributed by atoms with Gasteiger partial charge >= 0.3 is 0 Å². The lowest BCUT2D eigenvalue weighted by molar-refractivity contribution is -0.123. The summed E-state index contributed by atoms with van der Waals surface area (Å²) in [5, 5.41) is 2.63. The first-order valence-electron chi connectivity index (χ1n) is 5.96. The zero-order valence-electron chi connectivity index (χ0n) is 11.1. The standard InChI is InChI=1S/C14H19NO3/c1-10-5-4-6-13(12(10)3)18-9-14(17)15-8-7-11(2)16/h4-6H,7-9H2,1-3H3,(H,15,17). The van der Waals surface area contributed by atoms with E-state index >= 15 is 0 Å². The average molecular weight is 249 g/mol. The molecule has 1 rings (SSSR count). The molecule has 1 amide bonds. The minimum absolute atomic E-state index is 0.0256. The largest absolute Gasteiger partial charge is 0.483 e. The summed E-state index contributed by atoms with van der Waals surface area (Å²) < 4.78 is 5.44. The highest BCUT2D eigenvalue weighted by atomic mass is 16.5. The van der Waals surface area contributed by atoms with Crippen LogP contribution in [0.25, 0.3) is 0 Å². The second kappa shape index (κ2) is 6.79. The van der Waals surface area contributed by atoms with Crippen molar-refractivity contribution in [1.29, 1.82) is 0 Å². The summed E-state index contributed by atoms with van der Waals surface area (Å²) >= 11 is 0. The monoisotopic (exact) mass is 249 g/mol. The quantitative estimate of drug-likeness (QED) is 0.836. The van der Waals surface area contributed by atoms with Crippen LogP contribution in [0.5, 0.6) is 5.75 Å². The molecule has 0 saturated carbocycles. The van der Waals surface area contributed by atoms with E-state index in [1.54, 1.807) is 0 Å². The van der Waals surface area contributed by atoms with Crippen LogP contribution in [0.2, 0.25) is 0 Å². The van der Waals surface area contributed by atoms with Crippen LogP contribution in [0.1, 0.15) is 24.5 Å². The van der Waals surface area contributed by atoms with Gasteiger partial charge < -0.3 is 10.1 Å². The normalized spacial score (nSPS) is 9.94. The van der Waals surface area contributed by atoms with Crippen molar-refractivity contribution in [2.24, 2.45) is 0 Å². The van der Waals surface area contributed by atoms with Crippen LogP contribution in [-0.4, -0.2) is 24.8 Å². The molecule has 98 valence electrons. The molecule has 0 heterocycles. The van der Waals surface area contributed by atoms with Gasteiger partial charge in [-0.3, -0.25) is 9.59 Å². The lowest BCUT2D eigenvalue weighted by Crippen LogP contribution is -2.30. The fourth-order valence-electron chi connectivity index (χ4n) is 1.45. The van der Waals surface area contributed by atoms with Crippen molar-refractivity contribution >= 4 is 11.7 Å². The third-order valence-corrected chi connectivity index (χ3v) is 2.71. The lowest BCUT2D eigenvalue weighted by atomic mass is 10.1. The van der Waals surface area contributed by atoms with Crippen LogP contribution in [0.3, 0.4) is 0 Å². The van der Waals surface area contributed by atoms with Crippen molar-refractivity contribution < 1.29 is 14.3 Å². The molecule has 0 aromatic heterocycles. The number of rotatable bonds is 6. The van der Waals surface area contributed by atoms with E-state index in [2.05, 4.69) is 5.32 Å². The SMILES string of the molecule is CC(=O)CCNC(=O)COc1cccc(C)c1C. The first-order valence-corrected chi connectivity index (χ1v) is 5.96. The van der Waals surface area contributed by atoms with Crippen LogP contribution in [0.4, 0.5) is 0 Å². The van der Waals surface area contributed by atoms with Crippen LogP contribution >= 0.6 is 0 Å². The summed E-state index contributed by atoms with van der Waals surface area (Å²) in [4.78, 5) is 22.2. The highest BCUT2D eigenvalue weighted by Gasteiger charge is 2.05. The zero-order valence-corrected chi connectivity index (χ0v) is 11.1. The van der Waals surface area contributed by atoms with Crippen molar-refractivity contribution in [1.82, 2.24) is 5.32 Å². The fourth-order valence-corrected chi connectivity index (χ4v) is 1.45. The molecule has 0 radical (unpaired) electrons. The van der Waals surface area contributed by atoms with E-state index in [4.69, 9.17) is 4.74 Å². The predicted octanol–water partition coefficient (Wildman–Crippen LogP) is 1.78.